The molecule has 0 saturated carbocycles. The highest BCUT2D eigenvalue weighted by Crippen LogP contribution is 2.27. The Morgan fingerprint density at radius 2 is 2.26 bits per heavy atom. The molecule has 1 aromatic heterocycles. The SMILES string of the molecule is CCNCc1cc(S(=O)(=O)N2CCC(C)C2)c(C)o1. The summed E-state index contributed by atoms with van der Waals surface area (Å²) in [4.78, 5) is 0.314. The summed E-state index contributed by atoms with van der Waals surface area (Å²) in [5, 5.41) is 3.13. The molecular formula is C13H22N2O3S. The van der Waals surface area contributed by atoms with Gasteiger partial charge in [0.2, 0.25) is 10.0 Å². The van der Waals surface area contributed by atoms with Crippen LogP contribution in [0.3, 0.4) is 0 Å². The van der Waals surface area contributed by atoms with E-state index in [2.05, 4.69) is 12.2 Å². The Labute approximate surface area is 115 Å². The Kier molecular flexibility index (Phi) is 4.32. The minimum absolute atomic E-state index is 0.314. The zero-order valence-electron chi connectivity index (χ0n) is 11.8. The fourth-order valence-corrected chi connectivity index (χ4v) is 4.13. The first-order valence-corrected chi connectivity index (χ1v) is 8.19. The molecule has 0 spiro atoms. The number of aryl methyl sites for hydroxylation is 1. The van der Waals surface area contributed by atoms with Gasteiger partial charge in [-0.05, 0) is 25.8 Å². The first kappa shape index (κ1) is 14.6. The van der Waals surface area contributed by atoms with Gasteiger partial charge in [-0.1, -0.05) is 13.8 Å². The van der Waals surface area contributed by atoms with Gasteiger partial charge >= 0.3 is 0 Å². The highest BCUT2D eigenvalue weighted by Gasteiger charge is 2.33. The molecule has 5 nitrogen and oxygen atoms in total. The maximum Gasteiger partial charge on any atom is 0.246 e. The van der Waals surface area contributed by atoms with Crippen LogP contribution in [0.15, 0.2) is 15.4 Å². The van der Waals surface area contributed by atoms with E-state index in [1.165, 1.54) is 0 Å². The van der Waals surface area contributed by atoms with Gasteiger partial charge in [-0.3, -0.25) is 0 Å². The lowest BCUT2D eigenvalue weighted by Gasteiger charge is -2.14. The lowest BCUT2D eigenvalue weighted by Crippen LogP contribution is -2.28. The molecule has 1 saturated heterocycles. The summed E-state index contributed by atoms with van der Waals surface area (Å²) in [7, 11) is -3.39. The van der Waals surface area contributed by atoms with Crippen molar-refractivity contribution in [1.82, 2.24) is 9.62 Å². The molecule has 1 atom stereocenters. The number of hydrogen-bond acceptors (Lipinski definition) is 4. The monoisotopic (exact) mass is 286 g/mol. The largest absolute Gasteiger partial charge is 0.464 e. The van der Waals surface area contributed by atoms with Crippen molar-refractivity contribution in [1.29, 1.82) is 0 Å². The van der Waals surface area contributed by atoms with Crippen LogP contribution >= 0.6 is 0 Å². The van der Waals surface area contributed by atoms with Gasteiger partial charge in [0.25, 0.3) is 0 Å². The van der Waals surface area contributed by atoms with Crippen LogP contribution in [-0.4, -0.2) is 32.4 Å². The quantitative estimate of drug-likeness (QED) is 0.895. The maximum absolute atomic E-state index is 12.5. The van der Waals surface area contributed by atoms with Crippen LogP contribution in [0.1, 0.15) is 31.8 Å². The molecule has 1 N–H and O–H groups in total. The van der Waals surface area contributed by atoms with Crippen molar-refractivity contribution in [2.24, 2.45) is 5.92 Å². The van der Waals surface area contributed by atoms with Gasteiger partial charge in [0.1, 0.15) is 16.4 Å². The third-order valence-corrected chi connectivity index (χ3v) is 5.45. The molecule has 1 aliphatic heterocycles. The van der Waals surface area contributed by atoms with E-state index in [4.69, 9.17) is 4.42 Å². The minimum Gasteiger partial charge on any atom is -0.464 e. The smallest absolute Gasteiger partial charge is 0.246 e. The normalized spacial score (nSPS) is 21.1. The second kappa shape index (κ2) is 5.64. The summed E-state index contributed by atoms with van der Waals surface area (Å²) in [6.07, 6.45) is 0.931. The molecule has 0 amide bonds. The summed E-state index contributed by atoms with van der Waals surface area (Å²) in [5.74, 6) is 1.58. The standard InChI is InChI=1S/C13H22N2O3S/c1-4-14-8-12-7-13(11(3)18-12)19(16,17)15-6-5-10(2)9-15/h7,10,14H,4-6,8-9H2,1-3H3. The molecule has 2 rings (SSSR count). The van der Waals surface area contributed by atoms with E-state index in [1.54, 1.807) is 17.3 Å². The Morgan fingerprint density at radius 1 is 1.53 bits per heavy atom. The summed E-state index contributed by atoms with van der Waals surface area (Å²) >= 11 is 0. The van der Waals surface area contributed by atoms with E-state index >= 15 is 0 Å². The fraction of sp³-hybridized carbons (Fsp3) is 0.692. The van der Waals surface area contributed by atoms with Crippen LogP contribution in [0, 0.1) is 12.8 Å². The molecule has 0 aliphatic carbocycles. The molecule has 2 heterocycles. The van der Waals surface area contributed by atoms with Crippen LogP contribution in [0.2, 0.25) is 0 Å². The Hall–Kier alpha value is -0.850. The van der Waals surface area contributed by atoms with E-state index in [9.17, 15) is 8.42 Å². The van der Waals surface area contributed by atoms with E-state index in [1.807, 2.05) is 6.92 Å². The Morgan fingerprint density at radius 3 is 2.84 bits per heavy atom. The molecule has 1 unspecified atom stereocenters. The summed E-state index contributed by atoms with van der Waals surface area (Å²) in [6.45, 7) is 8.39. The predicted octanol–water partition coefficient (Wildman–Crippen LogP) is 1.73. The minimum atomic E-state index is -3.39. The van der Waals surface area contributed by atoms with Crippen molar-refractivity contribution in [3.63, 3.8) is 0 Å². The van der Waals surface area contributed by atoms with Crippen molar-refractivity contribution in [3.8, 4) is 0 Å². The van der Waals surface area contributed by atoms with Gasteiger partial charge in [0, 0.05) is 19.2 Å². The van der Waals surface area contributed by atoms with Crippen LogP contribution in [-0.2, 0) is 16.6 Å². The number of furan rings is 1. The Balaban J connectivity index is 2.23. The topological polar surface area (TPSA) is 62.6 Å². The molecule has 0 aromatic carbocycles. The van der Waals surface area contributed by atoms with Gasteiger partial charge in [-0.25, -0.2) is 8.42 Å². The van der Waals surface area contributed by atoms with Crippen molar-refractivity contribution < 1.29 is 12.8 Å². The molecule has 1 fully saturated rings. The third kappa shape index (κ3) is 3.01. The summed E-state index contributed by atoms with van der Waals surface area (Å²) in [6, 6.07) is 1.65. The highest BCUT2D eigenvalue weighted by molar-refractivity contribution is 7.89. The fourth-order valence-electron chi connectivity index (χ4n) is 2.37. The first-order valence-electron chi connectivity index (χ1n) is 6.75. The molecule has 19 heavy (non-hydrogen) atoms. The van der Waals surface area contributed by atoms with Crippen LogP contribution in [0.5, 0.6) is 0 Å². The van der Waals surface area contributed by atoms with Crippen molar-refractivity contribution in [2.75, 3.05) is 19.6 Å². The average Bonchev–Trinajstić information content (AvgIpc) is 2.93. The van der Waals surface area contributed by atoms with Gasteiger partial charge < -0.3 is 9.73 Å². The number of nitrogens with zero attached hydrogens (tertiary/aromatic N) is 1. The number of sulfonamides is 1. The second-order valence-corrected chi connectivity index (χ2v) is 7.08. The number of nitrogens with one attached hydrogen (secondary N) is 1. The predicted molar refractivity (Wildman–Crippen MR) is 73.4 cm³/mol. The van der Waals surface area contributed by atoms with Crippen molar-refractivity contribution in [3.05, 3.63) is 17.6 Å². The summed E-state index contributed by atoms with van der Waals surface area (Å²) < 4.78 is 32.2. The number of rotatable bonds is 5. The van der Waals surface area contributed by atoms with Crippen LogP contribution in [0.4, 0.5) is 0 Å². The first-order chi connectivity index (χ1) is 8.95. The lowest BCUT2D eigenvalue weighted by atomic mass is 10.2. The molecular weight excluding hydrogens is 264 g/mol. The van der Waals surface area contributed by atoms with E-state index in [0.717, 1.165) is 13.0 Å². The van der Waals surface area contributed by atoms with Gasteiger partial charge in [-0.15, -0.1) is 0 Å². The molecule has 1 aromatic rings. The number of hydrogen-bond donors (Lipinski definition) is 1. The third-order valence-electron chi connectivity index (χ3n) is 3.48. The Bertz CT molecular complexity index is 536. The lowest BCUT2D eigenvalue weighted by molar-refractivity contribution is 0.449. The van der Waals surface area contributed by atoms with E-state index < -0.39 is 10.0 Å². The van der Waals surface area contributed by atoms with Gasteiger partial charge in [0.05, 0.1) is 6.54 Å². The highest BCUT2D eigenvalue weighted by atomic mass is 32.2. The zero-order valence-corrected chi connectivity index (χ0v) is 12.6. The molecule has 1 aliphatic rings. The van der Waals surface area contributed by atoms with Crippen molar-refractivity contribution >= 4 is 10.0 Å². The molecule has 108 valence electrons. The zero-order chi connectivity index (χ0) is 14.0. The summed E-state index contributed by atoms with van der Waals surface area (Å²) in [5.41, 5.74) is 0. The molecule has 0 bridgehead atoms. The molecule has 6 heteroatoms. The van der Waals surface area contributed by atoms with Crippen LogP contribution < -0.4 is 5.32 Å². The van der Waals surface area contributed by atoms with Crippen LogP contribution in [0.25, 0.3) is 0 Å². The second-order valence-electron chi connectivity index (χ2n) is 5.17. The average molecular weight is 286 g/mol. The van der Waals surface area contributed by atoms with Crippen molar-refractivity contribution in [2.45, 2.75) is 38.6 Å². The van der Waals surface area contributed by atoms with E-state index in [-0.39, 0.29) is 0 Å². The maximum atomic E-state index is 12.5. The van der Waals surface area contributed by atoms with E-state index in [0.29, 0.717) is 42.0 Å². The van der Waals surface area contributed by atoms with Gasteiger partial charge in [-0.2, -0.15) is 4.31 Å². The molecule has 0 radical (unpaired) electrons. The van der Waals surface area contributed by atoms with Gasteiger partial charge in [0.15, 0.2) is 0 Å².